The zero-order chi connectivity index (χ0) is 17.6. The topological polar surface area (TPSA) is 59.2 Å². The third kappa shape index (κ3) is 3.38. The predicted molar refractivity (Wildman–Crippen MR) is 80.5 cm³/mol. The second-order valence-corrected chi connectivity index (χ2v) is 6.64. The van der Waals surface area contributed by atoms with Crippen LogP contribution in [0.15, 0.2) is 28.8 Å². The second-order valence-electron chi connectivity index (χ2n) is 6.64. The van der Waals surface area contributed by atoms with Gasteiger partial charge < -0.3 is 9.42 Å². The van der Waals surface area contributed by atoms with Gasteiger partial charge in [-0.05, 0) is 30.5 Å². The average molecular weight is 351 g/mol. The molecule has 1 aliphatic carbocycles. The third-order valence-corrected chi connectivity index (χ3v) is 4.62. The average Bonchev–Trinajstić information content (AvgIpc) is 3.18. The fraction of sp³-hybridized carbons (Fsp3) is 0.471. The fourth-order valence-corrected chi connectivity index (χ4v) is 3.03. The van der Waals surface area contributed by atoms with E-state index in [-0.39, 0.29) is 24.8 Å². The predicted octanol–water partition coefficient (Wildman–Crippen LogP) is 3.48. The number of carbonyl (C=O) groups excluding carboxylic acids is 1. The Labute approximate surface area is 141 Å². The van der Waals surface area contributed by atoms with Crippen LogP contribution in [0.25, 0.3) is 0 Å². The SMILES string of the molecule is O=C1CC(c2nc(C3CC3)no2)CN1Cc1ccc(C(F)(F)F)cc1. The quantitative estimate of drug-likeness (QED) is 0.846. The summed E-state index contributed by atoms with van der Waals surface area (Å²) in [4.78, 5) is 18.2. The van der Waals surface area contributed by atoms with Gasteiger partial charge in [0.25, 0.3) is 0 Å². The van der Waals surface area contributed by atoms with E-state index in [0.717, 1.165) is 25.0 Å². The Bertz CT molecular complexity index is 781. The molecule has 132 valence electrons. The molecule has 2 heterocycles. The number of benzene rings is 1. The van der Waals surface area contributed by atoms with Crippen molar-refractivity contribution in [2.75, 3.05) is 6.54 Å². The first-order valence-electron chi connectivity index (χ1n) is 8.17. The molecule has 1 aliphatic heterocycles. The molecule has 8 heteroatoms. The highest BCUT2D eigenvalue weighted by Gasteiger charge is 2.36. The summed E-state index contributed by atoms with van der Waals surface area (Å²) >= 11 is 0. The molecule has 25 heavy (non-hydrogen) atoms. The number of halogens is 3. The minimum Gasteiger partial charge on any atom is -0.339 e. The van der Waals surface area contributed by atoms with Crippen LogP contribution in [0.2, 0.25) is 0 Å². The molecule has 2 aromatic rings. The van der Waals surface area contributed by atoms with E-state index >= 15 is 0 Å². The highest BCUT2D eigenvalue weighted by Crippen LogP contribution is 2.39. The largest absolute Gasteiger partial charge is 0.416 e. The summed E-state index contributed by atoms with van der Waals surface area (Å²) in [5.41, 5.74) is -0.0356. The minimum atomic E-state index is -4.36. The van der Waals surface area contributed by atoms with E-state index in [1.165, 1.54) is 12.1 Å². The lowest BCUT2D eigenvalue weighted by atomic mass is 10.1. The highest BCUT2D eigenvalue weighted by molar-refractivity contribution is 5.79. The van der Waals surface area contributed by atoms with Crippen molar-refractivity contribution >= 4 is 5.91 Å². The van der Waals surface area contributed by atoms with E-state index < -0.39 is 11.7 Å². The number of carbonyl (C=O) groups is 1. The van der Waals surface area contributed by atoms with Gasteiger partial charge in [0.15, 0.2) is 5.82 Å². The van der Waals surface area contributed by atoms with Crippen LogP contribution in [-0.2, 0) is 17.5 Å². The molecular formula is C17H16F3N3O2. The molecule has 1 saturated heterocycles. The van der Waals surface area contributed by atoms with Crippen LogP contribution >= 0.6 is 0 Å². The van der Waals surface area contributed by atoms with Crippen LogP contribution in [0.4, 0.5) is 13.2 Å². The number of alkyl halides is 3. The van der Waals surface area contributed by atoms with Gasteiger partial charge in [0.05, 0.1) is 11.5 Å². The number of nitrogens with zero attached hydrogens (tertiary/aromatic N) is 3. The van der Waals surface area contributed by atoms with Gasteiger partial charge in [-0.3, -0.25) is 4.79 Å². The standard InChI is InChI=1S/C17H16F3N3O2/c18-17(19,20)13-5-1-10(2-6-13)8-23-9-12(7-14(23)24)16-21-15(22-25-16)11-3-4-11/h1-2,5-6,11-12H,3-4,7-9H2. The number of rotatable bonds is 4. The summed E-state index contributed by atoms with van der Waals surface area (Å²) in [5, 5.41) is 3.97. The van der Waals surface area contributed by atoms with Gasteiger partial charge in [-0.2, -0.15) is 18.2 Å². The Kier molecular flexibility index (Phi) is 3.77. The van der Waals surface area contributed by atoms with Crippen molar-refractivity contribution in [1.29, 1.82) is 0 Å². The summed E-state index contributed by atoms with van der Waals surface area (Å²) in [5.74, 6) is 1.37. The van der Waals surface area contributed by atoms with Crippen LogP contribution in [0.5, 0.6) is 0 Å². The fourth-order valence-electron chi connectivity index (χ4n) is 3.03. The monoisotopic (exact) mass is 351 g/mol. The Balaban J connectivity index is 1.41. The molecule has 2 fully saturated rings. The molecule has 4 rings (SSSR count). The third-order valence-electron chi connectivity index (χ3n) is 4.62. The molecule has 2 aliphatic rings. The minimum absolute atomic E-state index is 0.0592. The molecule has 0 N–H and O–H groups in total. The molecule has 0 spiro atoms. The lowest BCUT2D eigenvalue weighted by Gasteiger charge is -2.16. The van der Waals surface area contributed by atoms with Gasteiger partial charge in [0.2, 0.25) is 11.8 Å². The molecule has 1 saturated carbocycles. The summed E-state index contributed by atoms with van der Waals surface area (Å²) in [6.07, 6.45) is -1.93. The molecule has 0 radical (unpaired) electrons. The number of aromatic nitrogens is 2. The van der Waals surface area contributed by atoms with E-state index in [9.17, 15) is 18.0 Å². The molecular weight excluding hydrogens is 335 g/mol. The van der Waals surface area contributed by atoms with Crippen molar-refractivity contribution in [3.8, 4) is 0 Å². The first-order chi connectivity index (χ1) is 11.9. The Morgan fingerprint density at radius 1 is 1.16 bits per heavy atom. The smallest absolute Gasteiger partial charge is 0.339 e. The Morgan fingerprint density at radius 3 is 2.52 bits per heavy atom. The number of likely N-dealkylation sites (tertiary alicyclic amines) is 1. The van der Waals surface area contributed by atoms with Gasteiger partial charge in [-0.25, -0.2) is 0 Å². The summed E-state index contributed by atoms with van der Waals surface area (Å²) in [6.45, 7) is 0.712. The zero-order valence-electron chi connectivity index (χ0n) is 13.3. The normalized spacial score (nSPS) is 21.2. The second kappa shape index (κ2) is 5.86. The van der Waals surface area contributed by atoms with Gasteiger partial charge in [0.1, 0.15) is 0 Å². The van der Waals surface area contributed by atoms with Crippen LogP contribution in [-0.4, -0.2) is 27.5 Å². The molecule has 1 aromatic carbocycles. The summed E-state index contributed by atoms with van der Waals surface area (Å²) in [6, 6.07) is 4.88. The van der Waals surface area contributed by atoms with Crippen molar-refractivity contribution < 1.29 is 22.5 Å². The maximum absolute atomic E-state index is 12.6. The zero-order valence-corrected chi connectivity index (χ0v) is 13.3. The number of amides is 1. The van der Waals surface area contributed by atoms with Crippen LogP contribution in [0, 0.1) is 0 Å². The first kappa shape index (κ1) is 16.1. The van der Waals surface area contributed by atoms with Crippen molar-refractivity contribution in [2.45, 2.75) is 43.8 Å². The van der Waals surface area contributed by atoms with E-state index in [1.54, 1.807) is 4.90 Å². The maximum atomic E-state index is 12.6. The van der Waals surface area contributed by atoms with E-state index in [2.05, 4.69) is 10.1 Å². The molecule has 5 nitrogen and oxygen atoms in total. The van der Waals surface area contributed by atoms with Crippen LogP contribution in [0.1, 0.15) is 53.9 Å². The van der Waals surface area contributed by atoms with E-state index in [0.29, 0.717) is 29.7 Å². The molecule has 1 unspecified atom stereocenters. The van der Waals surface area contributed by atoms with Gasteiger partial charge in [-0.1, -0.05) is 17.3 Å². The number of hydrogen-bond donors (Lipinski definition) is 0. The lowest BCUT2D eigenvalue weighted by Crippen LogP contribution is -2.24. The Morgan fingerprint density at radius 2 is 1.88 bits per heavy atom. The molecule has 1 aromatic heterocycles. The van der Waals surface area contributed by atoms with Crippen molar-refractivity contribution in [1.82, 2.24) is 15.0 Å². The molecule has 1 amide bonds. The lowest BCUT2D eigenvalue weighted by molar-refractivity contribution is -0.137. The number of hydrogen-bond acceptors (Lipinski definition) is 4. The highest BCUT2D eigenvalue weighted by atomic mass is 19.4. The van der Waals surface area contributed by atoms with Crippen LogP contribution < -0.4 is 0 Å². The van der Waals surface area contributed by atoms with Gasteiger partial charge in [-0.15, -0.1) is 0 Å². The molecule has 0 bridgehead atoms. The maximum Gasteiger partial charge on any atom is 0.416 e. The van der Waals surface area contributed by atoms with E-state index in [4.69, 9.17) is 4.52 Å². The first-order valence-corrected chi connectivity index (χ1v) is 8.17. The summed E-state index contributed by atoms with van der Waals surface area (Å²) < 4.78 is 43.1. The van der Waals surface area contributed by atoms with Crippen LogP contribution in [0.3, 0.4) is 0 Å². The molecule has 1 atom stereocenters. The van der Waals surface area contributed by atoms with Gasteiger partial charge >= 0.3 is 6.18 Å². The van der Waals surface area contributed by atoms with Gasteiger partial charge in [0, 0.05) is 25.4 Å². The van der Waals surface area contributed by atoms with Crippen molar-refractivity contribution in [3.63, 3.8) is 0 Å². The van der Waals surface area contributed by atoms with Crippen molar-refractivity contribution in [2.24, 2.45) is 0 Å². The Hall–Kier alpha value is -2.38. The van der Waals surface area contributed by atoms with E-state index in [1.807, 2.05) is 0 Å². The summed E-state index contributed by atoms with van der Waals surface area (Å²) in [7, 11) is 0. The van der Waals surface area contributed by atoms with Crippen molar-refractivity contribution in [3.05, 3.63) is 47.1 Å².